The van der Waals surface area contributed by atoms with E-state index < -0.39 is 0 Å². The average Bonchev–Trinajstić information content (AvgIpc) is 3.22. The SMILES string of the molecule is CC(C)CCCC(C)N1CC(C)(C2CC2)NCC1C(C)C. The minimum atomic E-state index is 0.373. The molecule has 2 nitrogen and oxygen atoms in total. The Kier molecular flexibility index (Phi) is 5.76. The molecule has 2 rings (SSSR count). The summed E-state index contributed by atoms with van der Waals surface area (Å²) in [5.41, 5.74) is 0.373. The zero-order valence-corrected chi connectivity index (χ0v) is 15.3. The molecule has 2 heteroatoms. The Morgan fingerprint density at radius 1 is 1.10 bits per heavy atom. The number of nitrogens with one attached hydrogen (secondary N) is 1. The van der Waals surface area contributed by atoms with E-state index in [-0.39, 0.29) is 0 Å². The van der Waals surface area contributed by atoms with Crippen LogP contribution in [-0.2, 0) is 0 Å². The predicted octanol–water partition coefficient (Wildman–Crippen LogP) is 4.30. The van der Waals surface area contributed by atoms with Gasteiger partial charge in [0.05, 0.1) is 0 Å². The maximum atomic E-state index is 3.91. The quantitative estimate of drug-likeness (QED) is 0.753. The maximum Gasteiger partial charge on any atom is 0.0309 e. The van der Waals surface area contributed by atoms with Gasteiger partial charge in [-0.2, -0.15) is 0 Å². The minimum absolute atomic E-state index is 0.373. The molecule has 0 radical (unpaired) electrons. The van der Waals surface area contributed by atoms with E-state index in [9.17, 15) is 0 Å². The summed E-state index contributed by atoms with van der Waals surface area (Å²) >= 11 is 0. The first kappa shape index (κ1) is 17.3. The molecule has 124 valence electrons. The Labute approximate surface area is 133 Å². The first-order valence-electron chi connectivity index (χ1n) is 9.34. The molecule has 0 spiro atoms. The summed E-state index contributed by atoms with van der Waals surface area (Å²) in [6.07, 6.45) is 7.00. The van der Waals surface area contributed by atoms with Gasteiger partial charge in [-0.05, 0) is 50.9 Å². The third kappa shape index (κ3) is 4.45. The molecule has 3 unspecified atom stereocenters. The highest BCUT2D eigenvalue weighted by atomic mass is 15.3. The van der Waals surface area contributed by atoms with Crippen molar-refractivity contribution in [1.29, 1.82) is 0 Å². The summed E-state index contributed by atoms with van der Waals surface area (Å²) < 4.78 is 0. The molecular formula is C19H38N2. The van der Waals surface area contributed by atoms with Crippen molar-refractivity contribution in [2.75, 3.05) is 13.1 Å². The van der Waals surface area contributed by atoms with Crippen molar-refractivity contribution in [3.63, 3.8) is 0 Å². The number of hydrogen-bond acceptors (Lipinski definition) is 2. The van der Waals surface area contributed by atoms with Crippen molar-refractivity contribution in [2.24, 2.45) is 17.8 Å². The van der Waals surface area contributed by atoms with E-state index >= 15 is 0 Å². The molecule has 1 saturated heterocycles. The van der Waals surface area contributed by atoms with Gasteiger partial charge < -0.3 is 5.32 Å². The fourth-order valence-corrected chi connectivity index (χ4v) is 4.09. The van der Waals surface area contributed by atoms with Crippen LogP contribution in [0.3, 0.4) is 0 Å². The monoisotopic (exact) mass is 294 g/mol. The molecule has 1 N–H and O–H groups in total. The smallest absolute Gasteiger partial charge is 0.0309 e. The lowest BCUT2D eigenvalue weighted by atomic mass is 9.86. The minimum Gasteiger partial charge on any atom is -0.308 e. The molecule has 0 amide bonds. The van der Waals surface area contributed by atoms with Crippen LogP contribution in [0.15, 0.2) is 0 Å². The Bertz CT molecular complexity index is 322. The van der Waals surface area contributed by atoms with Gasteiger partial charge >= 0.3 is 0 Å². The standard InChI is InChI=1S/C19H38N2/c1-14(2)8-7-9-16(5)21-13-19(6,17-10-11-17)20-12-18(21)15(3)4/h14-18,20H,7-13H2,1-6H3. The second-order valence-corrected chi connectivity index (χ2v) is 8.73. The number of piperazine rings is 1. The highest BCUT2D eigenvalue weighted by Crippen LogP contribution is 2.42. The van der Waals surface area contributed by atoms with E-state index in [1.54, 1.807) is 0 Å². The predicted molar refractivity (Wildman–Crippen MR) is 92.6 cm³/mol. The van der Waals surface area contributed by atoms with Crippen molar-refractivity contribution in [3.8, 4) is 0 Å². The second kappa shape index (κ2) is 7.00. The molecule has 21 heavy (non-hydrogen) atoms. The van der Waals surface area contributed by atoms with Crippen molar-refractivity contribution in [1.82, 2.24) is 10.2 Å². The van der Waals surface area contributed by atoms with Gasteiger partial charge in [-0.1, -0.05) is 40.5 Å². The second-order valence-electron chi connectivity index (χ2n) is 8.73. The Morgan fingerprint density at radius 2 is 1.76 bits per heavy atom. The summed E-state index contributed by atoms with van der Waals surface area (Å²) in [6.45, 7) is 16.8. The zero-order valence-electron chi connectivity index (χ0n) is 15.3. The Morgan fingerprint density at radius 3 is 2.29 bits per heavy atom. The van der Waals surface area contributed by atoms with Crippen molar-refractivity contribution in [2.45, 2.75) is 91.3 Å². The van der Waals surface area contributed by atoms with Crippen LogP contribution in [0.25, 0.3) is 0 Å². The van der Waals surface area contributed by atoms with Crippen LogP contribution in [0.4, 0.5) is 0 Å². The van der Waals surface area contributed by atoms with Gasteiger partial charge in [-0.3, -0.25) is 4.90 Å². The highest BCUT2D eigenvalue weighted by Gasteiger charge is 2.47. The normalized spacial score (nSPS) is 32.9. The van der Waals surface area contributed by atoms with E-state index in [1.807, 2.05) is 0 Å². The molecule has 1 heterocycles. The van der Waals surface area contributed by atoms with Crippen molar-refractivity contribution < 1.29 is 0 Å². The van der Waals surface area contributed by atoms with Gasteiger partial charge in [-0.25, -0.2) is 0 Å². The number of hydrogen-bond donors (Lipinski definition) is 1. The van der Waals surface area contributed by atoms with E-state index in [0.717, 1.165) is 23.8 Å². The largest absolute Gasteiger partial charge is 0.308 e. The first-order chi connectivity index (χ1) is 9.83. The van der Waals surface area contributed by atoms with Gasteiger partial charge in [0, 0.05) is 30.7 Å². The van der Waals surface area contributed by atoms with Crippen molar-refractivity contribution in [3.05, 3.63) is 0 Å². The van der Waals surface area contributed by atoms with Crippen molar-refractivity contribution >= 4 is 0 Å². The summed E-state index contributed by atoms with van der Waals surface area (Å²) in [5.74, 6) is 2.52. The molecule has 3 atom stereocenters. The maximum absolute atomic E-state index is 3.91. The summed E-state index contributed by atoms with van der Waals surface area (Å²) in [6, 6.07) is 1.45. The average molecular weight is 295 g/mol. The molecule has 0 aromatic carbocycles. The van der Waals surface area contributed by atoms with Crippen LogP contribution < -0.4 is 5.32 Å². The summed E-state index contributed by atoms with van der Waals surface area (Å²) in [5, 5.41) is 3.91. The van der Waals surface area contributed by atoms with Gasteiger partial charge in [-0.15, -0.1) is 0 Å². The van der Waals surface area contributed by atoms with Gasteiger partial charge in [0.2, 0.25) is 0 Å². The number of nitrogens with zero attached hydrogens (tertiary/aromatic N) is 1. The van der Waals surface area contributed by atoms with E-state index in [1.165, 1.54) is 45.2 Å². The molecule has 1 aliphatic heterocycles. The lowest BCUT2D eigenvalue weighted by Crippen LogP contribution is -2.66. The first-order valence-corrected chi connectivity index (χ1v) is 9.34. The van der Waals surface area contributed by atoms with E-state index in [0.29, 0.717) is 11.6 Å². The summed E-state index contributed by atoms with van der Waals surface area (Å²) in [7, 11) is 0. The van der Waals surface area contributed by atoms with Crippen LogP contribution >= 0.6 is 0 Å². The Balaban J connectivity index is 1.96. The molecule has 0 aromatic heterocycles. The van der Waals surface area contributed by atoms with Crippen LogP contribution in [-0.4, -0.2) is 35.6 Å². The molecule has 2 aliphatic rings. The molecule has 2 fully saturated rings. The highest BCUT2D eigenvalue weighted by molar-refractivity contribution is 5.05. The van der Waals surface area contributed by atoms with Gasteiger partial charge in [0.15, 0.2) is 0 Å². The van der Waals surface area contributed by atoms with Crippen LogP contribution in [0.5, 0.6) is 0 Å². The lowest BCUT2D eigenvalue weighted by molar-refractivity contribution is 0.0201. The van der Waals surface area contributed by atoms with E-state index in [4.69, 9.17) is 0 Å². The van der Waals surface area contributed by atoms with E-state index in [2.05, 4.69) is 51.8 Å². The summed E-state index contributed by atoms with van der Waals surface area (Å²) in [4.78, 5) is 2.85. The fourth-order valence-electron chi connectivity index (χ4n) is 4.09. The third-order valence-corrected chi connectivity index (χ3v) is 5.87. The van der Waals surface area contributed by atoms with Gasteiger partial charge in [0.25, 0.3) is 0 Å². The Hall–Kier alpha value is -0.0800. The molecule has 0 bridgehead atoms. The molecule has 1 saturated carbocycles. The molecule has 0 aromatic rings. The fraction of sp³-hybridized carbons (Fsp3) is 1.00. The zero-order chi connectivity index (χ0) is 15.6. The topological polar surface area (TPSA) is 15.3 Å². The van der Waals surface area contributed by atoms with Gasteiger partial charge in [0.1, 0.15) is 0 Å². The lowest BCUT2D eigenvalue weighted by Gasteiger charge is -2.50. The molecular weight excluding hydrogens is 256 g/mol. The number of rotatable bonds is 7. The third-order valence-electron chi connectivity index (χ3n) is 5.87. The molecule has 1 aliphatic carbocycles. The van der Waals surface area contributed by atoms with Crippen LogP contribution in [0, 0.1) is 17.8 Å². The van der Waals surface area contributed by atoms with Crippen LogP contribution in [0.1, 0.15) is 73.6 Å². The van der Waals surface area contributed by atoms with Crippen LogP contribution in [0.2, 0.25) is 0 Å².